The number of amides is 1. The van der Waals surface area contributed by atoms with E-state index in [2.05, 4.69) is 4.98 Å². The number of aliphatic hydroxyl groups is 1. The molecular weight excluding hydrogens is 204 g/mol. The van der Waals surface area contributed by atoms with Crippen LogP contribution in [0.5, 0.6) is 0 Å². The summed E-state index contributed by atoms with van der Waals surface area (Å²) in [4.78, 5) is 17.6. The monoisotopic (exact) mass is 222 g/mol. The third-order valence-corrected chi connectivity index (χ3v) is 2.25. The fraction of sp³-hybridized carbons (Fsp3) is 0.500. The number of hydrogen-bond acceptors (Lipinski definition) is 3. The normalized spacial score (nSPS) is 10.5. The van der Waals surface area contributed by atoms with E-state index in [9.17, 15) is 4.79 Å². The third kappa shape index (κ3) is 3.62. The van der Waals surface area contributed by atoms with Gasteiger partial charge in [0.2, 0.25) is 5.91 Å². The van der Waals surface area contributed by atoms with Crippen molar-refractivity contribution < 1.29 is 9.90 Å². The first-order valence-electron chi connectivity index (χ1n) is 5.44. The molecule has 0 atom stereocenters. The Balaban J connectivity index is 2.68. The van der Waals surface area contributed by atoms with Gasteiger partial charge in [0.25, 0.3) is 0 Å². The molecule has 0 radical (unpaired) electrons. The van der Waals surface area contributed by atoms with Crippen molar-refractivity contribution in [2.45, 2.75) is 20.4 Å². The molecule has 1 heterocycles. The van der Waals surface area contributed by atoms with E-state index in [4.69, 9.17) is 5.11 Å². The molecule has 16 heavy (non-hydrogen) atoms. The molecule has 88 valence electrons. The number of aliphatic hydroxyl groups excluding tert-OH is 1. The van der Waals surface area contributed by atoms with Gasteiger partial charge >= 0.3 is 0 Å². The molecular formula is C12H18N2O2. The van der Waals surface area contributed by atoms with Gasteiger partial charge in [0.15, 0.2) is 0 Å². The first kappa shape index (κ1) is 12.6. The Labute approximate surface area is 95.9 Å². The lowest BCUT2D eigenvalue weighted by Gasteiger charge is -2.23. The van der Waals surface area contributed by atoms with Crippen LogP contribution in [0.3, 0.4) is 0 Å². The van der Waals surface area contributed by atoms with Crippen molar-refractivity contribution in [3.8, 4) is 0 Å². The molecule has 1 amide bonds. The Hall–Kier alpha value is -1.42. The van der Waals surface area contributed by atoms with Crippen LogP contribution in [0.15, 0.2) is 24.4 Å². The molecule has 1 aromatic heterocycles. The molecule has 4 heteroatoms. The summed E-state index contributed by atoms with van der Waals surface area (Å²) in [6.45, 7) is 4.49. The van der Waals surface area contributed by atoms with E-state index in [1.54, 1.807) is 11.1 Å². The summed E-state index contributed by atoms with van der Waals surface area (Å²) in [5.74, 6) is -0.0186. The summed E-state index contributed by atoms with van der Waals surface area (Å²) in [5.41, 5.74) is 0.838. The van der Waals surface area contributed by atoms with Gasteiger partial charge < -0.3 is 10.0 Å². The standard InChI is InChI=1S/C12H18N2O2/c1-10(2)12(16)14(7-8-15)9-11-5-3-4-6-13-11/h3-6,10,15H,7-9H2,1-2H3. The van der Waals surface area contributed by atoms with Crippen molar-refractivity contribution in [3.63, 3.8) is 0 Å². The molecule has 0 aliphatic carbocycles. The zero-order chi connectivity index (χ0) is 12.0. The number of carbonyl (C=O) groups is 1. The number of aromatic nitrogens is 1. The van der Waals surface area contributed by atoms with Crippen molar-refractivity contribution >= 4 is 5.91 Å². The Bertz CT molecular complexity index is 325. The van der Waals surface area contributed by atoms with Crippen molar-refractivity contribution in [2.24, 2.45) is 5.92 Å². The summed E-state index contributed by atoms with van der Waals surface area (Å²) in [6, 6.07) is 5.60. The quantitative estimate of drug-likeness (QED) is 0.810. The molecule has 1 N–H and O–H groups in total. The maximum Gasteiger partial charge on any atom is 0.225 e. The smallest absolute Gasteiger partial charge is 0.225 e. The molecule has 4 nitrogen and oxygen atoms in total. The van der Waals surface area contributed by atoms with Crippen molar-refractivity contribution in [3.05, 3.63) is 30.1 Å². The Morgan fingerprint density at radius 1 is 1.50 bits per heavy atom. The fourth-order valence-electron chi connectivity index (χ4n) is 1.44. The van der Waals surface area contributed by atoms with Gasteiger partial charge in [-0.05, 0) is 12.1 Å². The second-order valence-corrected chi connectivity index (χ2v) is 3.96. The number of carbonyl (C=O) groups excluding carboxylic acids is 1. The fourth-order valence-corrected chi connectivity index (χ4v) is 1.44. The summed E-state index contributed by atoms with van der Waals surface area (Å²) in [7, 11) is 0. The van der Waals surface area contributed by atoms with Gasteiger partial charge in [0.05, 0.1) is 18.8 Å². The zero-order valence-corrected chi connectivity index (χ0v) is 9.76. The minimum atomic E-state index is -0.0599. The van der Waals surface area contributed by atoms with E-state index in [1.165, 1.54) is 0 Å². The first-order valence-corrected chi connectivity index (χ1v) is 5.44. The van der Waals surface area contributed by atoms with Crippen LogP contribution in [0.4, 0.5) is 0 Å². The van der Waals surface area contributed by atoms with Gasteiger partial charge in [-0.1, -0.05) is 19.9 Å². The summed E-state index contributed by atoms with van der Waals surface area (Å²) in [5, 5.41) is 8.93. The molecule has 0 bridgehead atoms. The van der Waals surface area contributed by atoms with E-state index < -0.39 is 0 Å². The van der Waals surface area contributed by atoms with Crippen molar-refractivity contribution in [1.82, 2.24) is 9.88 Å². The summed E-state index contributed by atoms with van der Waals surface area (Å²) >= 11 is 0. The van der Waals surface area contributed by atoms with E-state index in [1.807, 2.05) is 32.0 Å². The molecule has 0 saturated carbocycles. The van der Waals surface area contributed by atoms with E-state index >= 15 is 0 Å². The Kier molecular flexibility index (Phi) is 4.92. The molecule has 1 rings (SSSR count). The van der Waals surface area contributed by atoms with Crippen LogP contribution < -0.4 is 0 Å². The van der Waals surface area contributed by atoms with Crippen molar-refractivity contribution in [2.75, 3.05) is 13.2 Å². The largest absolute Gasteiger partial charge is 0.395 e. The van der Waals surface area contributed by atoms with Crippen LogP contribution in [0.2, 0.25) is 0 Å². The maximum absolute atomic E-state index is 11.8. The molecule has 0 aromatic carbocycles. The minimum Gasteiger partial charge on any atom is -0.395 e. The first-order chi connectivity index (χ1) is 7.65. The van der Waals surface area contributed by atoms with Gasteiger partial charge in [-0.3, -0.25) is 9.78 Å². The Morgan fingerprint density at radius 3 is 2.75 bits per heavy atom. The van der Waals surface area contributed by atoms with Gasteiger partial charge in [-0.15, -0.1) is 0 Å². The van der Waals surface area contributed by atoms with Crippen LogP contribution in [-0.2, 0) is 11.3 Å². The predicted molar refractivity (Wildman–Crippen MR) is 61.6 cm³/mol. The topological polar surface area (TPSA) is 53.4 Å². The predicted octanol–water partition coefficient (Wildman–Crippen LogP) is 1.06. The highest BCUT2D eigenvalue weighted by Gasteiger charge is 2.16. The van der Waals surface area contributed by atoms with Gasteiger partial charge in [-0.25, -0.2) is 0 Å². The van der Waals surface area contributed by atoms with E-state index in [-0.39, 0.29) is 18.4 Å². The molecule has 0 aliphatic rings. The number of hydrogen-bond donors (Lipinski definition) is 1. The highest BCUT2D eigenvalue weighted by atomic mass is 16.3. The van der Waals surface area contributed by atoms with E-state index in [0.717, 1.165) is 5.69 Å². The van der Waals surface area contributed by atoms with Crippen LogP contribution in [0.25, 0.3) is 0 Å². The Morgan fingerprint density at radius 2 is 2.25 bits per heavy atom. The van der Waals surface area contributed by atoms with Crippen LogP contribution >= 0.6 is 0 Å². The lowest BCUT2D eigenvalue weighted by atomic mass is 10.2. The molecule has 0 fully saturated rings. The van der Waals surface area contributed by atoms with Crippen LogP contribution in [-0.4, -0.2) is 34.0 Å². The van der Waals surface area contributed by atoms with Gasteiger partial charge in [0.1, 0.15) is 0 Å². The molecule has 0 spiro atoms. The molecule has 0 saturated heterocycles. The highest BCUT2D eigenvalue weighted by molar-refractivity contribution is 5.78. The van der Waals surface area contributed by atoms with Crippen molar-refractivity contribution in [1.29, 1.82) is 0 Å². The highest BCUT2D eigenvalue weighted by Crippen LogP contribution is 2.06. The second-order valence-electron chi connectivity index (χ2n) is 3.96. The average Bonchev–Trinajstić information content (AvgIpc) is 2.29. The molecule has 1 aromatic rings. The lowest BCUT2D eigenvalue weighted by molar-refractivity contribution is -0.135. The summed E-state index contributed by atoms with van der Waals surface area (Å²) < 4.78 is 0. The maximum atomic E-state index is 11.8. The van der Waals surface area contributed by atoms with Gasteiger partial charge in [-0.2, -0.15) is 0 Å². The van der Waals surface area contributed by atoms with Gasteiger partial charge in [0, 0.05) is 18.7 Å². The van der Waals surface area contributed by atoms with Crippen LogP contribution in [0.1, 0.15) is 19.5 Å². The summed E-state index contributed by atoms with van der Waals surface area (Å²) in [6.07, 6.45) is 1.70. The van der Waals surface area contributed by atoms with Crippen LogP contribution in [0, 0.1) is 5.92 Å². The SMILES string of the molecule is CC(C)C(=O)N(CCO)Cc1ccccn1. The second kappa shape index (κ2) is 6.23. The lowest BCUT2D eigenvalue weighted by Crippen LogP contribution is -2.36. The van der Waals surface area contributed by atoms with E-state index in [0.29, 0.717) is 13.1 Å². The minimum absolute atomic E-state index is 0.0225. The number of nitrogens with zero attached hydrogens (tertiary/aromatic N) is 2. The molecule has 0 aliphatic heterocycles. The average molecular weight is 222 g/mol. The molecule has 0 unspecified atom stereocenters. The zero-order valence-electron chi connectivity index (χ0n) is 9.76. The number of pyridine rings is 1. The third-order valence-electron chi connectivity index (χ3n) is 2.25. The number of rotatable bonds is 5.